The van der Waals surface area contributed by atoms with E-state index in [4.69, 9.17) is 4.74 Å². The molecule has 1 amide bonds. The van der Waals surface area contributed by atoms with Crippen molar-refractivity contribution in [1.82, 2.24) is 9.80 Å². The smallest absolute Gasteiger partial charge is 0.310 e. The Balaban J connectivity index is 2.49. The Morgan fingerprint density at radius 1 is 1.41 bits per heavy atom. The number of likely N-dealkylation sites (tertiary alicyclic amines) is 1. The molecule has 0 aromatic carbocycles. The van der Waals surface area contributed by atoms with E-state index in [1.165, 1.54) is 7.11 Å². The second-order valence-electron chi connectivity index (χ2n) is 4.71. The maximum Gasteiger partial charge on any atom is 0.310 e. The van der Waals surface area contributed by atoms with Gasteiger partial charge in [0.05, 0.1) is 19.6 Å². The molecule has 0 bridgehead atoms. The number of ether oxygens (including phenoxy) is 1. The predicted molar refractivity (Wildman–Crippen MR) is 64.4 cm³/mol. The van der Waals surface area contributed by atoms with E-state index < -0.39 is 0 Å². The van der Waals surface area contributed by atoms with Crippen LogP contribution in [0, 0.1) is 11.8 Å². The Kier molecular flexibility index (Phi) is 4.93. The second-order valence-corrected chi connectivity index (χ2v) is 4.71. The van der Waals surface area contributed by atoms with Gasteiger partial charge >= 0.3 is 5.97 Å². The van der Waals surface area contributed by atoms with Gasteiger partial charge in [0.15, 0.2) is 0 Å². The van der Waals surface area contributed by atoms with Crippen molar-refractivity contribution in [2.45, 2.75) is 13.8 Å². The van der Waals surface area contributed by atoms with Gasteiger partial charge in [-0.2, -0.15) is 0 Å². The molecular weight excluding hydrogens is 220 g/mol. The number of carbonyl (C=O) groups is 2. The number of hydrogen-bond acceptors (Lipinski definition) is 4. The normalized spacial score (nSPS) is 24.7. The van der Waals surface area contributed by atoms with Crippen molar-refractivity contribution in [2.24, 2.45) is 11.8 Å². The van der Waals surface area contributed by atoms with Crippen LogP contribution in [0.25, 0.3) is 0 Å². The molecule has 0 radical (unpaired) electrons. The van der Waals surface area contributed by atoms with E-state index in [0.717, 1.165) is 6.54 Å². The van der Waals surface area contributed by atoms with Gasteiger partial charge in [-0.05, 0) is 12.8 Å². The zero-order valence-corrected chi connectivity index (χ0v) is 11.1. The first kappa shape index (κ1) is 14.0. The summed E-state index contributed by atoms with van der Waals surface area (Å²) in [5.41, 5.74) is 0. The van der Waals surface area contributed by atoms with Gasteiger partial charge in [-0.25, -0.2) is 0 Å². The van der Waals surface area contributed by atoms with Crippen LogP contribution in [0.5, 0.6) is 0 Å². The van der Waals surface area contributed by atoms with Crippen molar-refractivity contribution in [1.29, 1.82) is 0 Å². The highest BCUT2D eigenvalue weighted by Crippen LogP contribution is 2.23. The maximum atomic E-state index is 11.8. The van der Waals surface area contributed by atoms with Crippen molar-refractivity contribution < 1.29 is 14.3 Å². The second kappa shape index (κ2) is 6.00. The highest BCUT2D eigenvalue weighted by molar-refractivity contribution is 5.78. The number of esters is 1. The highest BCUT2D eigenvalue weighted by Gasteiger charge is 2.36. The lowest BCUT2D eigenvalue weighted by Crippen LogP contribution is -2.37. The predicted octanol–water partition coefficient (Wildman–Crippen LogP) is 0.206. The Morgan fingerprint density at radius 2 is 2.06 bits per heavy atom. The molecule has 1 fully saturated rings. The van der Waals surface area contributed by atoms with E-state index >= 15 is 0 Å². The molecule has 0 N–H and O–H groups in total. The van der Waals surface area contributed by atoms with Crippen LogP contribution in [0.4, 0.5) is 0 Å². The van der Waals surface area contributed by atoms with E-state index in [-0.39, 0.29) is 23.7 Å². The van der Waals surface area contributed by atoms with Crippen LogP contribution in [-0.2, 0) is 14.3 Å². The lowest BCUT2D eigenvalue weighted by Gasteiger charge is -2.20. The van der Waals surface area contributed by atoms with Gasteiger partial charge in [0.25, 0.3) is 0 Å². The molecule has 0 aromatic heterocycles. The van der Waals surface area contributed by atoms with E-state index in [1.807, 2.05) is 18.7 Å². The Hall–Kier alpha value is -1.10. The van der Waals surface area contributed by atoms with Crippen LogP contribution >= 0.6 is 0 Å². The summed E-state index contributed by atoms with van der Waals surface area (Å²) >= 11 is 0. The van der Waals surface area contributed by atoms with Crippen molar-refractivity contribution in [3.05, 3.63) is 0 Å². The minimum Gasteiger partial charge on any atom is -0.469 e. The van der Waals surface area contributed by atoms with E-state index in [9.17, 15) is 9.59 Å². The van der Waals surface area contributed by atoms with E-state index in [0.29, 0.717) is 19.6 Å². The molecule has 17 heavy (non-hydrogen) atoms. The summed E-state index contributed by atoms with van der Waals surface area (Å²) < 4.78 is 4.77. The lowest BCUT2D eigenvalue weighted by molar-refractivity contribution is -0.146. The van der Waals surface area contributed by atoms with E-state index in [1.54, 1.807) is 11.9 Å². The first-order valence-corrected chi connectivity index (χ1v) is 6.03. The average Bonchev–Trinajstić information content (AvgIpc) is 2.67. The molecule has 5 nitrogen and oxygen atoms in total. The fourth-order valence-electron chi connectivity index (χ4n) is 2.14. The molecular formula is C12H22N2O3. The molecule has 2 unspecified atom stereocenters. The van der Waals surface area contributed by atoms with Crippen molar-refractivity contribution >= 4 is 11.9 Å². The summed E-state index contributed by atoms with van der Waals surface area (Å²) in [5, 5.41) is 0. The third-order valence-electron chi connectivity index (χ3n) is 3.45. The van der Waals surface area contributed by atoms with Gasteiger partial charge < -0.3 is 9.64 Å². The fraction of sp³-hybridized carbons (Fsp3) is 0.833. The Morgan fingerprint density at radius 3 is 2.59 bits per heavy atom. The molecule has 2 atom stereocenters. The fourth-order valence-corrected chi connectivity index (χ4v) is 2.14. The lowest BCUT2D eigenvalue weighted by atomic mass is 9.99. The minimum atomic E-state index is -0.170. The van der Waals surface area contributed by atoms with Gasteiger partial charge in [0.2, 0.25) is 5.91 Å². The molecule has 0 aliphatic carbocycles. The standard InChI is InChI=1S/C12H22N2O3/c1-5-13(3)11(15)8-14-6-9(2)10(7-14)12(16)17-4/h9-10H,5-8H2,1-4H3. The molecule has 1 saturated heterocycles. The zero-order chi connectivity index (χ0) is 13.0. The molecule has 0 aromatic rings. The molecule has 1 aliphatic heterocycles. The Bertz CT molecular complexity index is 293. The van der Waals surface area contributed by atoms with Crippen molar-refractivity contribution in [3.8, 4) is 0 Å². The summed E-state index contributed by atoms with van der Waals surface area (Å²) in [6, 6.07) is 0. The van der Waals surface area contributed by atoms with E-state index in [2.05, 4.69) is 0 Å². The third kappa shape index (κ3) is 3.43. The summed E-state index contributed by atoms with van der Waals surface area (Å²) in [5.74, 6) is 0.0865. The average molecular weight is 242 g/mol. The monoisotopic (exact) mass is 242 g/mol. The van der Waals surface area contributed by atoms with Crippen LogP contribution in [0.15, 0.2) is 0 Å². The van der Waals surface area contributed by atoms with Crippen LogP contribution in [0.2, 0.25) is 0 Å². The first-order valence-electron chi connectivity index (χ1n) is 6.03. The quantitative estimate of drug-likeness (QED) is 0.661. The highest BCUT2D eigenvalue weighted by atomic mass is 16.5. The number of methoxy groups -OCH3 is 1. The van der Waals surface area contributed by atoms with Gasteiger partial charge in [-0.1, -0.05) is 6.92 Å². The Labute approximate surface area is 103 Å². The number of rotatable bonds is 4. The number of amides is 1. The van der Waals surface area contributed by atoms with Gasteiger partial charge in [0, 0.05) is 26.7 Å². The topological polar surface area (TPSA) is 49.9 Å². The molecule has 0 saturated carbocycles. The van der Waals surface area contributed by atoms with Crippen LogP contribution in [-0.4, -0.2) is 62.0 Å². The molecule has 0 spiro atoms. The molecule has 1 rings (SSSR count). The molecule has 1 aliphatic rings. The SMILES string of the molecule is CCN(C)C(=O)CN1CC(C)C(C(=O)OC)C1. The molecule has 5 heteroatoms. The van der Waals surface area contributed by atoms with Crippen molar-refractivity contribution in [3.63, 3.8) is 0 Å². The number of likely N-dealkylation sites (N-methyl/N-ethyl adjacent to an activating group) is 1. The van der Waals surface area contributed by atoms with Crippen LogP contribution in [0.3, 0.4) is 0 Å². The van der Waals surface area contributed by atoms with Gasteiger partial charge in [-0.3, -0.25) is 14.5 Å². The van der Waals surface area contributed by atoms with Gasteiger partial charge in [0.1, 0.15) is 0 Å². The minimum absolute atomic E-state index is 0.0975. The molecule has 1 heterocycles. The van der Waals surface area contributed by atoms with Crippen LogP contribution < -0.4 is 0 Å². The zero-order valence-electron chi connectivity index (χ0n) is 11.1. The first-order chi connectivity index (χ1) is 7.99. The van der Waals surface area contributed by atoms with Crippen LogP contribution in [0.1, 0.15) is 13.8 Å². The summed E-state index contributed by atoms with van der Waals surface area (Å²) in [6.45, 7) is 6.47. The van der Waals surface area contributed by atoms with Gasteiger partial charge in [-0.15, -0.1) is 0 Å². The number of carbonyl (C=O) groups excluding carboxylic acids is 2. The molecule has 98 valence electrons. The van der Waals surface area contributed by atoms with Crippen molar-refractivity contribution in [2.75, 3.05) is 40.3 Å². The largest absolute Gasteiger partial charge is 0.469 e. The maximum absolute atomic E-state index is 11.8. The summed E-state index contributed by atoms with van der Waals surface area (Å²) in [6.07, 6.45) is 0. The number of nitrogens with zero attached hydrogens (tertiary/aromatic N) is 2. The summed E-state index contributed by atoms with van der Waals surface area (Å²) in [4.78, 5) is 27.0. The summed E-state index contributed by atoms with van der Waals surface area (Å²) in [7, 11) is 3.20. The third-order valence-corrected chi connectivity index (χ3v) is 3.45. The number of hydrogen-bond donors (Lipinski definition) is 0.